The fourth-order valence-electron chi connectivity index (χ4n) is 3.05. The van der Waals surface area contributed by atoms with Gasteiger partial charge in [0.15, 0.2) is 0 Å². The van der Waals surface area contributed by atoms with E-state index in [1.807, 2.05) is 10.9 Å². The molecule has 3 heteroatoms. The predicted octanol–water partition coefficient (Wildman–Crippen LogP) is 2.90. The minimum Gasteiger partial charge on any atom is -0.321 e. The van der Waals surface area contributed by atoms with E-state index in [0.29, 0.717) is 5.92 Å². The summed E-state index contributed by atoms with van der Waals surface area (Å²) in [6.07, 6.45) is 8.80. The summed E-state index contributed by atoms with van der Waals surface area (Å²) in [4.78, 5) is 0. The van der Waals surface area contributed by atoms with Crippen LogP contribution in [0.5, 0.6) is 0 Å². The maximum atomic E-state index is 6.64. The molecular weight excluding hydrogens is 210 g/mol. The van der Waals surface area contributed by atoms with Crippen molar-refractivity contribution in [2.75, 3.05) is 0 Å². The molecule has 1 saturated carbocycles. The number of nitrogens with two attached hydrogens (primary N) is 1. The van der Waals surface area contributed by atoms with E-state index in [1.165, 1.54) is 18.4 Å². The molecule has 2 N–H and O–H groups in total. The number of hydrogen-bond donors (Lipinski definition) is 1. The molecule has 3 nitrogen and oxygen atoms in total. The van der Waals surface area contributed by atoms with Gasteiger partial charge >= 0.3 is 0 Å². The molecule has 0 aliphatic heterocycles. The fourth-order valence-corrected chi connectivity index (χ4v) is 3.05. The van der Waals surface area contributed by atoms with E-state index < -0.39 is 0 Å². The van der Waals surface area contributed by atoms with Gasteiger partial charge in [-0.3, -0.25) is 4.68 Å². The van der Waals surface area contributed by atoms with Crippen molar-refractivity contribution in [1.29, 1.82) is 0 Å². The first kappa shape index (κ1) is 12.6. The summed E-state index contributed by atoms with van der Waals surface area (Å²) in [5.41, 5.74) is 7.72. The molecule has 0 amide bonds. The Labute approximate surface area is 104 Å². The second kappa shape index (κ2) is 4.81. The second-order valence-corrected chi connectivity index (χ2v) is 5.81. The van der Waals surface area contributed by atoms with Crippen LogP contribution in [0.2, 0.25) is 0 Å². The van der Waals surface area contributed by atoms with E-state index in [-0.39, 0.29) is 5.54 Å². The highest BCUT2D eigenvalue weighted by molar-refractivity contribution is 5.20. The van der Waals surface area contributed by atoms with Crippen molar-refractivity contribution in [3.8, 4) is 0 Å². The van der Waals surface area contributed by atoms with Crippen molar-refractivity contribution in [3.63, 3.8) is 0 Å². The van der Waals surface area contributed by atoms with Gasteiger partial charge in [0.1, 0.15) is 0 Å². The molecule has 1 aliphatic rings. The lowest BCUT2D eigenvalue weighted by Gasteiger charge is -2.41. The lowest BCUT2D eigenvalue weighted by Crippen LogP contribution is -2.46. The van der Waals surface area contributed by atoms with Crippen LogP contribution in [0.25, 0.3) is 0 Å². The standard InChI is InChI=1S/C14H25N3/c1-4-7-17-10-13(9-16-17)14(15)6-5-11(2)8-12(14)3/h9-12H,4-8,15H2,1-3H3. The van der Waals surface area contributed by atoms with Gasteiger partial charge in [-0.05, 0) is 37.5 Å². The summed E-state index contributed by atoms with van der Waals surface area (Å²) in [6, 6.07) is 0. The maximum absolute atomic E-state index is 6.64. The Kier molecular flexibility index (Phi) is 3.57. The van der Waals surface area contributed by atoms with Crippen LogP contribution in [-0.2, 0) is 12.1 Å². The van der Waals surface area contributed by atoms with Gasteiger partial charge in [-0.25, -0.2) is 0 Å². The first-order valence-corrected chi connectivity index (χ1v) is 6.88. The van der Waals surface area contributed by atoms with Gasteiger partial charge in [0.05, 0.1) is 6.20 Å². The van der Waals surface area contributed by atoms with Gasteiger partial charge < -0.3 is 5.73 Å². The number of aromatic nitrogens is 2. The molecule has 1 aromatic rings. The summed E-state index contributed by atoms with van der Waals surface area (Å²) < 4.78 is 2.02. The molecule has 0 saturated heterocycles. The molecule has 0 spiro atoms. The van der Waals surface area contributed by atoms with Crippen LogP contribution < -0.4 is 5.73 Å². The molecule has 17 heavy (non-hydrogen) atoms. The Hall–Kier alpha value is -0.830. The third-order valence-corrected chi connectivity index (χ3v) is 4.31. The van der Waals surface area contributed by atoms with Crippen molar-refractivity contribution in [3.05, 3.63) is 18.0 Å². The molecule has 0 bridgehead atoms. The topological polar surface area (TPSA) is 43.8 Å². The summed E-state index contributed by atoms with van der Waals surface area (Å²) in [5.74, 6) is 1.36. The summed E-state index contributed by atoms with van der Waals surface area (Å²) in [6.45, 7) is 7.77. The Bertz CT molecular complexity index is 371. The average molecular weight is 235 g/mol. The predicted molar refractivity (Wildman–Crippen MR) is 70.6 cm³/mol. The fraction of sp³-hybridized carbons (Fsp3) is 0.786. The van der Waals surface area contributed by atoms with E-state index in [9.17, 15) is 0 Å². The molecule has 3 unspecified atom stereocenters. The molecule has 2 rings (SSSR count). The largest absolute Gasteiger partial charge is 0.321 e. The minimum atomic E-state index is -0.154. The van der Waals surface area contributed by atoms with Gasteiger partial charge in [-0.2, -0.15) is 5.10 Å². The Morgan fingerprint density at radius 1 is 1.53 bits per heavy atom. The van der Waals surface area contributed by atoms with Crippen molar-refractivity contribution in [1.82, 2.24) is 9.78 Å². The van der Waals surface area contributed by atoms with Gasteiger partial charge in [-0.15, -0.1) is 0 Å². The number of nitrogens with zero attached hydrogens (tertiary/aromatic N) is 2. The van der Waals surface area contributed by atoms with E-state index in [0.717, 1.165) is 25.3 Å². The molecule has 96 valence electrons. The smallest absolute Gasteiger partial charge is 0.0540 e. The summed E-state index contributed by atoms with van der Waals surface area (Å²) >= 11 is 0. The summed E-state index contributed by atoms with van der Waals surface area (Å²) in [7, 11) is 0. The van der Waals surface area contributed by atoms with Crippen molar-refractivity contribution >= 4 is 0 Å². The molecule has 0 aromatic carbocycles. The molecule has 1 fully saturated rings. The third kappa shape index (κ3) is 2.39. The quantitative estimate of drug-likeness (QED) is 0.875. The third-order valence-electron chi connectivity index (χ3n) is 4.31. The van der Waals surface area contributed by atoms with E-state index >= 15 is 0 Å². The van der Waals surface area contributed by atoms with Crippen molar-refractivity contribution < 1.29 is 0 Å². The van der Waals surface area contributed by atoms with Crippen LogP contribution in [0.4, 0.5) is 0 Å². The highest BCUT2D eigenvalue weighted by Crippen LogP contribution is 2.41. The van der Waals surface area contributed by atoms with Crippen LogP contribution in [0.3, 0.4) is 0 Å². The van der Waals surface area contributed by atoms with E-state index in [4.69, 9.17) is 5.73 Å². The zero-order chi connectivity index (χ0) is 12.5. The monoisotopic (exact) mass is 235 g/mol. The number of hydrogen-bond acceptors (Lipinski definition) is 2. The first-order valence-electron chi connectivity index (χ1n) is 6.88. The molecule has 3 atom stereocenters. The SMILES string of the molecule is CCCn1cc(C2(N)CCC(C)CC2C)cn1. The summed E-state index contributed by atoms with van der Waals surface area (Å²) in [5, 5.41) is 4.42. The van der Waals surface area contributed by atoms with Crippen LogP contribution in [-0.4, -0.2) is 9.78 Å². The molecular formula is C14H25N3. The van der Waals surface area contributed by atoms with Crippen LogP contribution >= 0.6 is 0 Å². The van der Waals surface area contributed by atoms with Crippen LogP contribution in [0.15, 0.2) is 12.4 Å². The van der Waals surface area contributed by atoms with Gasteiger partial charge in [0.2, 0.25) is 0 Å². The van der Waals surface area contributed by atoms with E-state index in [1.54, 1.807) is 0 Å². The highest BCUT2D eigenvalue weighted by atomic mass is 15.3. The average Bonchev–Trinajstić information content (AvgIpc) is 2.74. The van der Waals surface area contributed by atoms with Gasteiger partial charge in [-0.1, -0.05) is 20.8 Å². The zero-order valence-corrected chi connectivity index (χ0v) is 11.3. The Morgan fingerprint density at radius 2 is 2.29 bits per heavy atom. The highest BCUT2D eigenvalue weighted by Gasteiger charge is 2.38. The molecule has 1 aliphatic carbocycles. The van der Waals surface area contributed by atoms with Crippen LogP contribution in [0.1, 0.15) is 52.0 Å². The molecule has 1 aromatic heterocycles. The number of rotatable bonds is 3. The van der Waals surface area contributed by atoms with E-state index in [2.05, 4.69) is 32.1 Å². The Morgan fingerprint density at radius 3 is 2.94 bits per heavy atom. The number of aryl methyl sites for hydroxylation is 1. The minimum absolute atomic E-state index is 0.154. The van der Waals surface area contributed by atoms with Gasteiger partial charge in [0.25, 0.3) is 0 Å². The van der Waals surface area contributed by atoms with Crippen molar-refractivity contribution in [2.45, 2.75) is 58.5 Å². The van der Waals surface area contributed by atoms with Gasteiger partial charge in [0, 0.05) is 23.8 Å². The zero-order valence-electron chi connectivity index (χ0n) is 11.3. The normalized spacial score (nSPS) is 33.9. The lowest BCUT2D eigenvalue weighted by molar-refractivity contribution is 0.164. The first-order chi connectivity index (χ1) is 8.06. The molecule has 0 radical (unpaired) electrons. The maximum Gasteiger partial charge on any atom is 0.0540 e. The lowest BCUT2D eigenvalue weighted by atomic mass is 9.68. The van der Waals surface area contributed by atoms with Crippen molar-refractivity contribution in [2.24, 2.45) is 17.6 Å². The Balaban J connectivity index is 2.18. The second-order valence-electron chi connectivity index (χ2n) is 5.81. The molecule has 1 heterocycles. The van der Waals surface area contributed by atoms with Crippen LogP contribution in [0, 0.1) is 11.8 Å².